The summed E-state index contributed by atoms with van der Waals surface area (Å²) < 4.78 is 57.4. The molecule has 64 heavy (non-hydrogen) atoms. The summed E-state index contributed by atoms with van der Waals surface area (Å²) in [5.74, 6) is -0.366. The van der Waals surface area contributed by atoms with Gasteiger partial charge in [0.05, 0.1) is 41.7 Å². The van der Waals surface area contributed by atoms with E-state index in [0.717, 1.165) is 82.6 Å². The fourth-order valence-electron chi connectivity index (χ4n) is 12.2. The van der Waals surface area contributed by atoms with E-state index in [4.69, 9.17) is 24.9 Å². The minimum Gasteiger partial charge on any atom is -0.413 e. The normalized spacial score (nSPS) is 30.9. The number of aliphatic hydroxyl groups is 1. The van der Waals surface area contributed by atoms with E-state index in [1.807, 2.05) is 6.07 Å². The van der Waals surface area contributed by atoms with Crippen LogP contribution in [0.4, 0.5) is 0 Å². The molecule has 9 atom stereocenters. The zero-order chi connectivity index (χ0) is 47.3. The minimum atomic E-state index is -3.91. The predicted molar refractivity (Wildman–Crippen MR) is 269 cm³/mol. The first-order chi connectivity index (χ1) is 29.7. The molecule has 1 N–H and O–H groups in total. The molecule has 1 aromatic rings. The molecule has 5 aliphatic rings. The molecule has 1 aliphatic heterocycles. The van der Waals surface area contributed by atoms with Gasteiger partial charge in [-0.25, -0.2) is 8.42 Å². The van der Waals surface area contributed by atoms with Crippen LogP contribution in [0.2, 0.25) is 36.3 Å². The highest BCUT2D eigenvalue weighted by molar-refractivity contribution is 7.92. The lowest BCUT2D eigenvalue weighted by molar-refractivity contribution is -0.242. The van der Waals surface area contributed by atoms with Gasteiger partial charge in [-0.2, -0.15) is 0 Å². The van der Waals surface area contributed by atoms with Gasteiger partial charge in [0, 0.05) is 17.8 Å². The Hall–Kier alpha value is -1.38. The maximum absolute atomic E-state index is 15.0. The third-order valence-corrected chi connectivity index (χ3v) is 29.5. The number of hydrogen-bond acceptors (Lipinski definition) is 7. The first kappa shape index (κ1) is 52.0. The molecule has 10 heteroatoms. The van der Waals surface area contributed by atoms with Crippen LogP contribution in [0.3, 0.4) is 0 Å². The maximum atomic E-state index is 15.0. The fourth-order valence-corrected chi connectivity index (χ4v) is 16.9. The number of allylic oxidation sites excluding steroid dienone is 3. The van der Waals surface area contributed by atoms with Gasteiger partial charge in [0.15, 0.2) is 32.3 Å². The van der Waals surface area contributed by atoms with Crippen molar-refractivity contribution in [3.05, 3.63) is 65.8 Å². The molecule has 0 spiro atoms. The number of unbranched alkanes of at least 4 members (excludes halogenated alkanes) is 1. The molecule has 4 aliphatic carbocycles. The van der Waals surface area contributed by atoms with Gasteiger partial charge < -0.3 is 23.4 Å². The van der Waals surface area contributed by atoms with Gasteiger partial charge in [-0.3, -0.25) is 0 Å². The summed E-state index contributed by atoms with van der Waals surface area (Å²) in [5, 5.41) is 12.0. The average Bonchev–Trinajstić information content (AvgIpc) is 3.66. The molecule has 5 fully saturated rings. The molecular weight excluding hydrogens is 849 g/mol. The quantitative estimate of drug-likeness (QED) is 0.156. The smallest absolute Gasteiger partial charge is 0.192 e. The van der Waals surface area contributed by atoms with Gasteiger partial charge in [0.1, 0.15) is 0 Å². The number of benzene rings is 1. The van der Waals surface area contributed by atoms with Crippen molar-refractivity contribution in [1.82, 2.24) is 0 Å². The van der Waals surface area contributed by atoms with Gasteiger partial charge in [-0.15, -0.1) is 0 Å². The molecule has 0 bridgehead atoms. The Morgan fingerprint density at radius 2 is 1.53 bits per heavy atom. The molecule has 0 aromatic heterocycles. The van der Waals surface area contributed by atoms with Crippen LogP contribution in [0.5, 0.6) is 0 Å². The van der Waals surface area contributed by atoms with E-state index in [2.05, 4.69) is 108 Å². The molecule has 1 saturated heterocycles. The molecule has 1 aromatic carbocycles. The number of aliphatic hydroxyl groups excluding tert-OH is 1. The fraction of sp³-hybridized carbons (Fsp3) is 0.778. The molecular formula is C54H90O7SSi2. The molecule has 1 heterocycles. The van der Waals surface area contributed by atoms with Crippen LogP contribution in [0, 0.1) is 34.5 Å². The Labute approximate surface area is 393 Å². The number of fused-ring (bicyclic) bond motifs is 1. The summed E-state index contributed by atoms with van der Waals surface area (Å²) in [7, 11) is -8.03. The lowest BCUT2D eigenvalue weighted by Crippen LogP contribution is -2.52. The summed E-state index contributed by atoms with van der Waals surface area (Å²) in [6.45, 7) is 38.1. The average molecular weight is 940 g/mol. The van der Waals surface area contributed by atoms with Gasteiger partial charge >= 0.3 is 0 Å². The number of sulfone groups is 1. The van der Waals surface area contributed by atoms with Crippen LogP contribution in [0.25, 0.3) is 0 Å². The second-order valence-electron chi connectivity index (χ2n) is 24.5. The van der Waals surface area contributed by atoms with E-state index in [-0.39, 0.29) is 50.3 Å². The monoisotopic (exact) mass is 939 g/mol. The van der Waals surface area contributed by atoms with E-state index in [0.29, 0.717) is 25.6 Å². The Bertz CT molecular complexity index is 1950. The topological polar surface area (TPSA) is 91.3 Å². The molecule has 6 rings (SSSR count). The molecule has 0 amide bonds. The predicted octanol–water partition coefficient (Wildman–Crippen LogP) is 13.8. The minimum absolute atomic E-state index is 0.0551. The van der Waals surface area contributed by atoms with Crippen molar-refractivity contribution in [3.63, 3.8) is 0 Å². The van der Waals surface area contributed by atoms with E-state index in [1.165, 1.54) is 11.1 Å². The van der Waals surface area contributed by atoms with Crippen LogP contribution in [-0.4, -0.2) is 72.7 Å². The Kier molecular flexibility index (Phi) is 15.6. The molecule has 362 valence electrons. The lowest BCUT2D eigenvalue weighted by Gasteiger charge is -2.47. The third kappa shape index (κ3) is 10.2. The van der Waals surface area contributed by atoms with Crippen molar-refractivity contribution in [3.8, 4) is 0 Å². The second kappa shape index (κ2) is 19.2. The van der Waals surface area contributed by atoms with Crippen LogP contribution in [0.1, 0.15) is 153 Å². The first-order valence-corrected chi connectivity index (χ1v) is 32.7. The zero-order valence-electron chi connectivity index (χ0n) is 42.8. The Morgan fingerprint density at radius 1 is 0.922 bits per heavy atom. The van der Waals surface area contributed by atoms with E-state index in [1.54, 1.807) is 24.3 Å². The zero-order valence-corrected chi connectivity index (χ0v) is 45.6. The van der Waals surface area contributed by atoms with Gasteiger partial charge in [-0.1, -0.05) is 125 Å². The van der Waals surface area contributed by atoms with Crippen molar-refractivity contribution in [1.29, 1.82) is 0 Å². The molecule has 7 nitrogen and oxygen atoms in total. The van der Waals surface area contributed by atoms with Crippen LogP contribution in [0.15, 0.2) is 70.7 Å². The first-order valence-electron chi connectivity index (χ1n) is 25.4. The van der Waals surface area contributed by atoms with E-state index < -0.39 is 49.0 Å². The highest BCUT2D eigenvalue weighted by Gasteiger charge is 2.67. The van der Waals surface area contributed by atoms with Crippen molar-refractivity contribution in [2.75, 3.05) is 13.2 Å². The van der Waals surface area contributed by atoms with Crippen molar-refractivity contribution >= 4 is 26.5 Å². The maximum Gasteiger partial charge on any atom is 0.192 e. The Balaban J connectivity index is 1.29. The second-order valence-corrected chi connectivity index (χ2v) is 36.2. The number of ether oxygens (including phenoxy) is 2. The van der Waals surface area contributed by atoms with Crippen molar-refractivity contribution in [2.45, 2.75) is 223 Å². The molecule has 3 unspecified atom stereocenters. The van der Waals surface area contributed by atoms with Crippen molar-refractivity contribution in [2.24, 2.45) is 34.5 Å². The van der Waals surface area contributed by atoms with Gasteiger partial charge in [-0.05, 0) is 147 Å². The molecule has 4 saturated carbocycles. The number of hydrogen-bond donors (Lipinski definition) is 1. The largest absolute Gasteiger partial charge is 0.413 e. The van der Waals surface area contributed by atoms with Gasteiger partial charge in [0.25, 0.3) is 0 Å². The van der Waals surface area contributed by atoms with Gasteiger partial charge in [0.2, 0.25) is 0 Å². The summed E-state index contributed by atoms with van der Waals surface area (Å²) >= 11 is 0. The highest BCUT2D eigenvalue weighted by Crippen LogP contribution is 2.65. The Morgan fingerprint density at radius 3 is 2.11 bits per heavy atom. The summed E-state index contributed by atoms with van der Waals surface area (Å²) in [6, 6.07) is 8.85. The van der Waals surface area contributed by atoms with Crippen LogP contribution >= 0.6 is 0 Å². The summed E-state index contributed by atoms with van der Waals surface area (Å²) in [5.41, 5.74) is 3.33. The third-order valence-electron chi connectivity index (χ3n) is 18.3. The van der Waals surface area contributed by atoms with E-state index >= 15 is 0 Å². The lowest BCUT2D eigenvalue weighted by atomic mass is 9.60. The van der Waals surface area contributed by atoms with Crippen molar-refractivity contribution < 1.29 is 31.9 Å². The van der Waals surface area contributed by atoms with Crippen LogP contribution in [-0.2, 0) is 28.2 Å². The SMILES string of the molecule is C=C1C(=CC=C2CCC[C@]3(C)[C@@H]([C@H](C)C(O)C(CC4(C5(C(C)CCCC)OCCO5)CC4)S(=O)(=O)c4ccccc4)CC[C@@H]23)C[C@@H](O[Si](C)(C)C(C)(C)C)C[C@@H]1O[Si](C)(C)C(C)(C)C. The summed E-state index contributed by atoms with van der Waals surface area (Å²) in [4.78, 5) is 0.285. The molecule has 0 radical (unpaired) electrons. The van der Waals surface area contributed by atoms with Crippen LogP contribution < -0.4 is 0 Å². The standard InChI is InChI=1S/C54H90O7SSi2/c1-16-17-22-38(2)54(58-33-34-59-54)53(31-32-53)37-48(62(56,57)44-24-19-18-20-25-44)49(55)40(4)45-28-29-46-41(23-21-30-52(45,46)11)26-27-42-35-43(60-63(12,13)50(5,6)7)36-47(39(42)3)61-64(14,15)51(8,9)10/h18-20,24-27,38,40,43,45-49,55H,3,16-17,21-23,28-37H2,1-2,4-15H3/t38?,40-,43+,45+,46-,47-,48?,49?,52+/m0/s1. The summed E-state index contributed by atoms with van der Waals surface area (Å²) in [6.07, 6.45) is 15.8. The van der Waals surface area contributed by atoms with E-state index in [9.17, 15) is 13.5 Å². The number of rotatable bonds is 17. The highest BCUT2D eigenvalue weighted by atomic mass is 32.2.